The van der Waals surface area contributed by atoms with Gasteiger partial charge in [0.1, 0.15) is 12.4 Å². The molecule has 136 valence electrons. The zero-order valence-corrected chi connectivity index (χ0v) is 14.5. The topological polar surface area (TPSA) is 72.2 Å². The third-order valence-corrected chi connectivity index (χ3v) is 4.61. The van der Waals surface area contributed by atoms with Crippen molar-refractivity contribution in [2.45, 2.75) is 13.0 Å². The highest BCUT2D eigenvalue weighted by Crippen LogP contribution is 2.31. The summed E-state index contributed by atoms with van der Waals surface area (Å²) in [7, 11) is 0. The van der Waals surface area contributed by atoms with E-state index in [-0.39, 0.29) is 18.4 Å². The van der Waals surface area contributed by atoms with Gasteiger partial charge in [0.05, 0.1) is 0 Å². The van der Waals surface area contributed by atoms with Crippen LogP contribution >= 0.6 is 0 Å². The number of benzene rings is 1. The largest absolute Gasteiger partial charge is 0.485 e. The van der Waals surface area contributed by atoms with E-state index in [0.717, 1.165) is 0 Å². The summed E-state index contributed by atoms with van der Waals surface area (Å²) in [5.41, 5.74) is 0. The first-order valence-corrected chi connectivity index (χ1v) is 8.65. The van der Waals surface area contributed by atoms with Gasteiger partial charge in [0.25, 0.3) is 11.8 Å². The fourth-order valence-electron chi connectivity index (χ4n) is 3.18. The third-order valence-electron chi connectivity index (χ3n) is 4.61. The van der Waals surface area contributed by atoms with Crippen molar-refractivity contribution >= 4 is 11.8 Å². The van der Waals surface area contributed by atoms with E-state index >= 15 is 0 Å². The fourth-order valence-corrected chi connectivity index (χ4v) is 3.18. The van der Waals surface area contributed by atoms with Crippen molar-refractivity contribution in [3.8, 4) is 11.5 Å². The van der Waals surface area contributed by atoms with Crippen molar-refractivity contribution in [1.82, 2.24) is 9.80 Å². The molecule has 0 saturated carbocycles. The molecule has 2 aliphatic heterocycles. The molecule has 1 fully saturated rings. The predicted molar refractivity (Wildman–Crippen MR) is 92.3 cm³/mol. The minimum Gasteiger partial charge on any atom is -0.485 e. The number of carbonyl (C=O) groups excluding carboxylic acids is 2. The zero-order chi connectivity index (χ0) is 18.1. The lowest BCUT2D eigenvalue weighted by Gasteiger charge is -2.36. The highest BCUT2D eigenvalue weighted by molar-refractivity contribution is 5.92. The van der Waals surface area contributed by atoms with Crippen LogP contribution in [-0.2, 0) is 4.79 Å². The number of hydrogen-bond donors (Lipinski definition) is 0. The lowest BCUT2D eigenvalue weighted by molar-refractivity contribution is -0.142. The smallest absolute Gasteiger partial charge is 0.289 e. The lowest BCUT2D eigenvalue weighted by Crippen LogP contribution is -2.55. The highest BCUT2D eigenvalue weighted by atomic mass is 16.6. The number of rotatable bonds is 2. The molecule has 1 aromatic heterocycles. The Bertz CT molecular complexity index is 823. The summed E-state index contributed by atoms with van der Waals surface area (Å²) in [4.78, 5) is 28.5. The van der Waals surface area contributed by atoms with Gasteiger partial charge in [0.2, 0.25) is 6.10 Å². The standard InChI is InChI=1S/C19H20N2O5/c1-13-6-7-16(25-13)18(22)20-8-10-21(11-9-20)19(23)17-12-24-14-4-2-3-5-15(14)26-17/h2-7,17H,8-12H2,1H3. The second-order valence-electron chi connectivity index (χ2n) is 6.39. The van der Waals surface area contributed by atoms with Crippen LogP contribution in [0.1, 0.15) is 16.3 Å². The number of piperazine rings is 1. The molecule has 0 spiro atoms. The van der Waals surface area contributed by atoms with E-state index in [2.05, 4.69) is 0 Å². The molecule has 0 aliphatic carbocycles. The summed E-state index contributed by atoms with van der Waals surface area (Å²) < 4.78 is 16.8. The summed E-state index contributed by atoms with van der Waals surface area (Å²) in [5, 5.41) is 0. The number of ether oxygens (including phenoxy) is 2. The maximum Gasteiger partial charge on any atom is 0.289 e. The van der Waals surface area contributed by atoms with Crippen molar-refractivity contribution in [2.75, 3.05) is 32.8 Å². The molecule has 7 heteroatoms. The van der Waals surface area contributed by atoms with Gasteiger partial charge in [-0.15, -0.1) is 0 Å². The molecule has 7 nitrogen and oxygen atoms in total. The first kappa shape index (κ1) is 16.5. The highest BCUT2D eigenvalue weighted by Gasteiger charge is 2.33. The SMILES string of the molecule is Cc1ccc(C(=O)N2CCN(C(=O)C3COc4ccccc4O3)CC2)o1. The molecule has 2 amide bonds. The maximum atomic E-state index is 12.7. The van der Waals surface area contributed by atoms with Gasteiger partial charge in [0.15, 0.2) is 17.3 Å². The van der Waals surface area contributed by atoms with Crippen LogP contribution in [0.5, 0.6) is 11.5 Å². The molecular weight excluding hydrogens is 336 g/mol. The summed E-state index contributed by atoms with van der Waals surface area (Å²) in [6.07, 6.45) is -0.653. The van der Waals surface area contributed by atoms with E-state index in [4.69, 9.17) is 13.9 Å². The number of hydrogen-bond acceptors (Lipinski definition) is 5. The van der Waals surface area contributed by atoms with Gasteiger partial charge in [-0.3, -0.25) is 9.59 Å². The average Bonchev–Trinajstić information content (AvgIpc) is 3.13. The van der Waals surface area contributed by atoms with Crippen LogP contribution in [0.15, 0.2) is 40.8 Å². The summed E-state index contributed by atoms with van der Waals surface area (Å²) >= 11 is 0. The molecule has 0 radical (unpaired) electrons. The monoisotopic (exact) mass is 356 g/mol. The molecule has 3 heterocycles. The number of furan rings is 1. The minimum atomic E-state index is -0.653. The molecule has 26 heavy (non-hydrogen) atoms. The molecule has 1 aromatic carbocycles. The van der Waals surface area contributed by atoms with Crippen molar-refractivity contribution in [1.29, 1.82) is 0 Å². The van der Waals surface area contributed by atoms with E-state index in [0.29, 0.717) is 49.2 Å². The Morgan fingerprint density at radius 2 is 1.65 bits per heavy atom. The Hall–Kier alpha value is -2.96. The van der Waals surface area contributed by atoms with Crippen molar-refractivity contribution in [2.24, 2.45) is 0 Å². The van der Waals surface area contributed by atoms with Crippen LogP contribution in [0.25, 0.3) is 0 Å². The Morgan fingerprint density at radius 1 is 0.962 bits per heavy atom. The van der Waals surface area contributed by atoms with Gasteiger partial charge in [-0.1, -0.05) is 12.1 Å². The fraction of sp³-hybridized carbons (Fsp3) is 0.368. The van der Waals surface area contributed by atoms with E-state index in [9.17, 15) is 9.59 Å². The van der Waals surface area contributed by atoms with Crippen LogP contribution in [0.2, 0.25) is 0 Å². The molecule has 2 aliphatic rings. The van der Waals surface area contributed by atoms with Crippen molar-refractivity contribution in [3.63, 3.8) is 0 Å². The Balaban J connectivity index is 1.35. The van der Waals surface area contributed by atoms with Gasteiger partial charge >= 0.3 is 0 Å². The van der Waals surface area contributed by atoms with Crippen LogP contribution in [0.3, 0.4) is 0 Å². The quantitative estimate of drug-likeness (QED) is 0.819. The van der Waals surface area contributed by atoms with E-state index in [1.54, 1.807) is 34.9 Å². The normalized spacial score (nSPS) is 19.3. The summed E-state index contributed by atoms with van der Waals surface area (Å²) in [5.74, 6) is 2.02. The molecular formula is C19H20N2O5. The predicted octanol–water partition coefficient (Wildman–Crippen LogP) is 1.71. The Labute approximate surface area is 151 Å². The van der Waals surface area contributed by atoms with Crippen LogP contribution in [0.4, 0.5) is 0 Å². The third kappa shape index (κ3) is 3.12. The molecule has 1 unspecified atom stereocenters. The van der Waals surface area contributed by atoms with Crippen molar-refractivity contribution in [3.05, 3.63) is 47.9 Å². The number of amides is 2. The van der Waals surface area contributed by atoms with Gasteiger partial charge in [0, 0.05) is 26.2 Å². The number of nitrogens with zero attached hydrogens (tertiary/aromatic N) is 2. The zero-order valence-electron chi connectivity index (χ0n) is 14.5. The molecule has 0 bridgehead atoms. The minimum absolute atomic E-state index is 0.111. The molecule has 0 N–H and O–H groups in total. The van der Waals surface area contributed by atoms with Gasteiger partial charge in [-0.2, -0.15) is 0 Å². The molecule has 1 atom stereocenters. The van der Waals surface area contributed by atoms with Crippen LogP contribution in [-0.4, -0.2) is 60.5 Å². The van der Waals surface area contributed by atoms with E-state index in [1.165, 1.54) is 0 Å². The molecule has 4 rings (SSSR count). The lowest BCUT2D eigenvalue weighted by atomic mass is 10.2. The summed E-state index contributed by atoms with van der Waals surface area (Å²) in [6, 6.07) is 10.8. The van der Waals surface area contributed by atoms with Gasteiger partial charge < -0.3 is 23.7 Å². The first-order chi connectivity index (χ1) is 12.6. The second-order valence-corrected chi connectivity index (χ2v) is 6.39. The number of fused-ring (bicyclic) bond motifs is 1. The second kappa shape index (κ2) is 6.74. The molecule has 1 saturated heterocycles. The van der Waals surface area contributed by atoms with Gasteiger partial charge in [-0.05, 0) is 31.2 Å². The van der Waals surface area contributed by atoms with Crippen LogP contribution < -0.4 is 9.47 Å². The van der Waals surface area contributed by atoms with E-state index < -0.39 is 6.10 Å². The van der Waals surface area contributed by atoms with Crippen molar-refractivity contribution < 1.29 is 23.5 Å². The number of para-hydroxylation sites is 2. The Kier molecular flexibility index (Phi) is 4.28. The van der Waals surface area contributed by atoms with Crippen LogP contribution in [0, 0.1) is 6.92 Å². The number of aryl methyl sites for hydroxylation is 1. The maximum absolute atomic E-state index is 12.7. The first-order valence-electron chi connectivity index (χ1n) is 8.65. The summed E-state index contributed by atoms with van der Waals surface area (Å²) in [6.45, 7) is 3.86. The Morgan fingerprint density at radius 3 is 2.35 bits per heavy atom. The number of carbonyl (C=O) groups is 2. The van der Waals surface area contributed by atoms with Gasteiger partial charge in [-0.25, -0.2) is 0 Å². The van der Waals surface area contributed by atoms with E-state index in [1.807, 2.05) is 18.2 Å². The molecule has 2 aromatic rings. The average molecular weight is 356 g/mol.